The zero-order valence-corrected chi connectivity index (χ0v) is 14.1. The number of nitrogens with zero attached hydrogens (tertiary/aromatic N) is 4. The molecule has 0 aliphatic carbocycles. The minimum atomic E-state index is -0.474. The molecule has 0 amide bonds. The number of nitrogens with one attached hydrogen (secondary N) is 1. The van der Waals surface area contributed by atoms with E-state index in [0.717, 1.165) is 48.5 Å². The van der Waals surface area contributed by atoms with Crippen molar-refractivity contribution in [2.24, 2.45) is 0 Å². The second-order valence-corrected chi connectivity index (χ2v) is 6.49. The van der Waals surface area contributed by atoms with Gasteiger partial charge in [-0.1, -0.05) is 12.1 Å². The van der Waals surface area contributed by atoms with Gasteiger partial charge in [0.1, 0.15) is 11.9 Å². The zero-order chi connectivity index (χ0) is 18.1. The second-order valence-electron chi connectivity index (χ2n) is 6.49. The molecule has 0 spiro atoms. The summed E-state index contributed by atoms with van der Waals surface area (Å²) in [5, 5.41) is 20.4. The molecule has 1 aromatic heterocycles. The number of H-pyrrole nitrogens is 1. The molecule has 0 unspecified atom stereocenters. The summed E-state index contributed by atoms with van der Waals surface area (Å²) in [6, 6.07) is 14.5. The Hall–Kier alpha value is -3.40. The molecule has 1 saturated heterocycles. The van der Waals surface area contributed by atoms with Crippen LogP contribution in [0.2, 0.25) is 0 Å². The molecule has 2 aromatic carbocycles. The van der Waals surface area contributed by atoms with Crippen LogP contribution in [0, 0.1) is 21.4 Å². The molecular formula is C19H17N5O2. The summed E-state index contributed by atoms with van der Waals surface area (Å²) in [6.45, 7) is 1.55. The lowest BCUT2D eigenvalue weighted by molar-refractivity contribution is -0.384. The topological polar surface area (TPSA) is 98.8 Å². The number of para-hydroxylation sites is 2. The number of hydrogen-bond acceptors (Lipinski definition) is 5. The minimum Gasteiger partial charge on any atom is -0.370 e. The van der Waals surface area contributed by atoms with Crippen molar-refractivity contribution in [2.75, 3.05) is 18.0 Å². The first-order chi connectivity index (χ1) is 12.7. The number of aromatic nitrogens is 2. The van der Waals surface area contributed by atoms with E-state index >= 15 is 0 Å². The lowest BCUT2D eigenvalue weighted by Crippen LogP contribution is -2.35. The van der Waals surface area contributed by atoms with Gasteiger partial charge in [0.2, 0.25) is 0 Å². The summed E-state index contributed by atoms with van der Waals surface area (Å²) < 4.78 is 0. The van der Waals surface area contributed by atoms with E-state index in [1.54, 1.807) is 6.07 Å². The number of imidazole rings is 1. The number of piperidine rings is 1. The van der Waals surface area contributed by atoms with Crippen molar-refractivity contribution < 1.29 is 4.92 Å². The van der Waals surface area contributed by atoms with Crippen LogP contribution in [-0.4, -0.2) is 28.0 Å². The molecule has 4 rings (SSSR count). The smallest absolute Gasteiger partial charge is 0.270 e. The van der Waals surface area contributed by atoms with Crippen molar-refractivity contribution in [3.05, 3.63) is 64.0 Å². The number of fused-ring (bicyclic) bond motifs is 1. The van der Waals surface area contributed by atoms with Crippen LogP contribution >= 0.6 is 0 Å². The Morgan fingerprint density at radius 1 is 1.31 bits per heavy atom. The quantitative estimate of drug-likeness (QED) is 0.575. The van der Waals surface area contributed by atoms with Gasteiger partial charge < -0.3 is 9.88 Å². The van der Waals surface area contributed by atoms with Crippen molar-refractivity contribution in [1.29, 1.82) is 5.26 Å². The second kappa shape index (κ2) is 6.48. The molecule has 1 atom stereocenters. The monoisotopic (exact) mass is 347 g/mol. The van der Waals surface area contributed by atoms with Gasteiger partial charge in [-0.15, -0.1) is 0 Å². The van der Waals surface area contributed by atoms with E-state index in [2.05, 4.69) is 16.0 Å². The highest BCUT2D eigenvalue weighted by Crippen LogP contribution is 2.32. The first kappa shape index (κ1) is 16.1. The largest absolute Gasteiger partial charge is 0.370 e. The SMILES string of the molecule is N#Cc1cc([N+](=O)[O-])ccc1N1CCC[C@@H](c2nc3ccccc3[nH]2)C1. The summed E-state index contributed by atoms with van der Waals surface area (Å²) in [7, 11) is 0. The van der Waals surface area contributed by atoms with Gasteiger partial charge in [-0.05, 0) is 31.0 Å². The number of hydrogen-bond donors (Lipinski definition) is 1. The lowest BCUT2D eigenvalue weighted by atomic mass is 9.96. The summed E-state index contributed by atoms with van der Waals surface area (Å²) in [5.41, 5.74) is 3.00. The summed E-state index contributed by atoms with van der Waals surface area (Å²) in [4.78, 5) is 20.7. The van der Waals surface area contributed by atoms with Crippen molar-refractivity contribution in [3.63, 3.8) is 0 Å². The third-order valence-corrected chi connectivity index (χ3v) is 4.87. The Morgan fingerprint density at radius 3 is 2.92 bits per heavy atom. The molecule has 7 heteroatoms. The molecule has 130 valence electrons. The van der Waals surface area contributed by atoms with E-state index in [9.17, 15) is 15.4 Å². The fourth-order valence-corrected chi connectivity index (χ4v) is 3.59. The predicted octanol–water partition coefficient (Wildman–Crippen LogP) is 3.73. The average Bonchev–Trinajstić information content (AvgIpc) is 3.12. The van der Waals surface area contributed by atoms with E-state index in [1.165, 1.54) is 12.1 Å². The fourth-order valence-electron chi connectivity index (χ4n) is 3.59. The van der Waals surface area contributed by atoms with Gasteiger partial charge in [0.05, 0.1) is 27.2 Å². The Labute approximate surface area is 150 Å². The molecule has 1 fully saturated rings. The van der Waals surface area contributed by atoms with Gasteiger partial charge >= 0.3 is 0 Å². The van der Waals surface area contributed by atoms with Gasteiger partial charge in [-0.25, -0.2) is 4.98 Å². The Bertz CT molecular complexity index is 987. The third-order valence-electron chi connectivity index (χ3n) is 4.87. The molecule has 0 saturated carbocycles. The van der Waals surface area contributed by atoms with Crippen molar-refractivity contribution in [3.8, 4) is 6.07 Å². The number of benzene rings is 2. The first-order valence-electron chi connectivity index (χ1n) is 8.54. The number of nitro groups is 1. The predicted molar refractivity (Wildman–Crippen MR) is 98.1 cm³/mol. The molecule has 1 N–H and O–H groups in total. The molecule has 1 aliphatic rings. The maximum absolute atomic E-state index is 10.9. The first-order valence-corrected chi connectivity index (χ1v) is 8.54. The van der Waals surface area contributed by atoms with E-state index < -0.39 is 4.92 Å². The van der Waals surface area contributed by atoms with Crippen LogP contribution in [0.3, 0.4) is 0 Å². The molecule has 0 radical (unpaired) electrons. The number of nitriles is 1. The van der Waals surface area contributed by atoms with Gasteiger partial charge in [0.15, 0.2) is 0 Å². The lowest BCUT2D eigenvalue weighted by Gasteiger charge is -2.34. The molecule has 26 heavy (non-hydrogen) atoms. The van der Waals surface area contributed by atoms with Crippen LogP contribution in [0.15, 0.2) is 42.5 Å². The maximum Gasteiger partial charge on any atom is 0.270 e. The van der Waals surface area contributed by atoms with E-state index in [4.69, 9.17) is 4.98 Å². The third kappa shape index (κ3) is 2.86. The van der Waals surface area contributed by atoms with Crippen LogP contribution < -0.4 is 4.90 Å². The highest BCUT2D eigenvalue weighted by atomic mass is 16.6. The van der Waals surface area contributed by atoms with Crippen LogP contribution in [0.1, 0.15) is 30.1 Å². The number of rotatable bonds is 3. The van der Waals surface area contributed by atoms with Gasteiger partial charge in [0, 0.05) is 31.1 Å². The van der Waals surface area contributed by atoms with Crippen molar-refractivity contribution in [1.82, 2.24) is 9.97 Å². The maximum atomic E-state index is 10.9. The van der Waals surface area contributed by atoms with Gasteiger partial charge in [0.25, 0.3) is 5.69 Å². The summed E-state index contributed by atoms with van der Waals surface area (Å²) in [5.74, 6) is 1.19. The van der Waals surface area contributed by atoms with Crippen LogP contribution in [-0.2, 0) is 0 Å². The Balaban J connectivity index is 1.62. The van der Waals surface area contributed by atoms with E-state index in [0.29, 0.717) is 5.56 Å². The Kier molecular flexibility index (Phi) is 4.01. The fraction of sp³-hybridized carbons (Fsp3) is 0.263. The minimum absolute atomic E-state index is 0.0591. The average molecular weight is 347 g/mol. The van der Waals surface area contributed by atoms with Crippen molar-refractivity contribution in [2.45, 2.75) is 18.8 Å². The standard InChI is InChI=1S/C19H17N5O2/c20-11-14-10-15(24(25)26)7-8-18(14)23-9-3-4-13(12-23)19-21-16-5-1-2-6-17(16)22-19/h1-2,5-8,10,13H,3-4,9,12H2,(H,21,22)/t13-/m1/s1. The number of anilines is 1. The normalized spacial score (nSPS) is 17.2. The van der Waals surface area contributed by atoms with E-state index in [1.807, 2.05) is 24.3 Å². The number of nitro benzene ring substituents is 1. The highest BCUT2D eigenvalue weighted by Gasteiger charge is 2.26. The number of aromatic amines is 1. The Morgan fingerprint density at radius 2 is 2.15 bits per heavy atom. The van der Waals surface area contributed by atoms with Gasteiger partial charge in [-0.2, -0.15) is 5.26 Å². The van der Waals surface area contributed by atoms with E-state index in [-0.39, 0.29) is 11.6 Å². The zero-order valence-electron chi connectivity index (χ0n) is 14.1. The molecule has 2 heterocycles. The number of non-ortho nitro benzene ring substituents is 1. The molecule has 7 nitrogen and oxygen atoms in total. The van der Waals surface area contributed by atoms with Gasteiger partial charge in [-0.3, -0.25) is 10.1 Å². The summed E-state index contributed by atoms with van der Waals surface area (Å²) in [6.07, 6.45) is 1.99. The van der Waals surface area contributed by atoms with Crippen LogP contribution in [0.25, 0.3) is 11.0 Å². The van der Waals surface area contributed by atoms with Crippen molar-refractivity contribution >= 4 is 22.4 Å². The molecular weight excluding hydrogens is 330 g/mol. The van der Waals surface area contributed by atoms with Crippen LogP contribution in [0.5, 0.6) is 0 Å². The molecule has 1 aliphatic heterocycles. The molecule has 0 bridgehead atoms. The van der Waals surface area contributed by atoms with Crippen LogP contribution in [0.4, 0.5) is 11.4 Å². The highest BCUT2D eigenvalue weighted by molar-refractivity contribution is 5.75. The molecule has 3 aromatic rings. The summed E-state index contributed by atoms with van der Waals surface area (Å²) >= 11 is 0.